The maximum absolute atomic E-state index is 12.7. The predicted molar refractivity (Wildman–Crippen MR) is 96.3 cm³/mol. The van der Waals surface area contributed by atoms with Crippen molar-refractivity contribution in [2.75, 3.05) is 7.11 Å². The maximum Gasteiger partial charge on any atom is 0.270 e. The molecule has 0 fully saturated rings. The van der Waals surface area contributed by atoms with Crippen LogP contribution >= 0.6 is 11.3 Å². The van der Waals surface area contributed by atoms with Crippen LogP contribution in [0.5, 0.6) is 5.75 Å². The van der Waals surface area contributed by atoms with E-state index in [1.165, 1.54) is 30.6 Å². The molecule has 25 heavy (non-hydrogen) atoms. The minimum Gasteiger partial charge on any atom is -0.494 e. The standard InChI is InChI=1S/C17H17N3O4S/c1-3-12(13-5-4-8-18-13)19-17(21)16-15(24-2)11-9-10(20(22)23)6-7-14(11)25-16/h4-9,12,18H,3H2,1-2H3,(H,19,21). The van der Waals surface area contributed by atoms with Gasteiger partial charge in [-0.1, -0.05) is 6.92 Å². The molecule has 3 rings (SSSR count). The summed E-state index contributed by atoms with van der Waals surface area (Å²) in [6.45, 7) is 1.98. The molecule has 2 aromatic heterocycles. The first kappa shape index (κ1) is 17.0. The zero-order chi connectivity index (χ0) is 18.0. The second-order valence-corrected chi connectivity index (χ2v) is 6.51. The molecule has 1 aromatic carbocycles. The number of H-pyrrole nitrogens is 1. The number of benzene rings is 1. The first-order valence-corrected chi connectivity index (χ1v) is 8.55. The Balaban J connectivity index is 1.97. The van der Waals surface area contributed by atoms with Gasteiger partial charge in [0.2, 0.25) is 0 Å². The molecule has 0 aliphatic carbocycles. The van der Waals surface area contributed by atoms with Crippen molar-refractivity contribution < 1.29 is 14.5 Å². The monoisotopic (exact) mass is 359 g/mol. The second-order valence-electron chi connectivity index (χ2n) is 5.46. The Labute approximate surface area is 147 Å². The molecule has 0 radical (unpaired) electrons. The molecule has 0 saturated carbocycles. The molecule has 2 N–H and O–H groups in total. The smallest absolute Gasteiger partial charge is 0.270 e. The summed E-state index contributed by atoms with van der Waals surface area (Å²) >= 11 is 1.26. The van der Waals surface area contributed by atoms with Gasteiger partial charge in [-0.3, -0.25) is 14.9 Å². The van der Waals surface area contributed by atoms with Crippen LogP contribution in [0, 0.1) is 10.1 Å². The number of methoxy groups -OCH3 is 1. The third-order valence-electron chi connectivity index (χ3n) is 3.96. The molecule has 1 atom stereocenters. The van der Waals surface area contributed by atoms with E-state index in [2.05, 4.69) is 10.3 Å². The largest absolute Gasteiger partial charge is 0.494 e. The summed E-state index contributed by atoms with van der Waals surface area (Å²) < 4.78 is 6.14. The third kappa shape index (κ3) is 3.20. The molecule has 2 heterocycles. The minimum atomic E-state index is -0.464. The number of nitrogens with one attached hydrogen (secondary N) is 2. The minimum absolute atomic E-state index is 0.0339. The molecule has 130 valence electrons. The number of amides is 1. The molecule has 0 spiro atoms. The Morgan fingerprint density at radius 3 is 2.84 bits per heavy atom. The van der Waals surface area contributed by atoms with Crippen molar-refractivity contribution in [3.05, 3.63) is 57.2 Å². The van der Waals surface area contributed by atoms with Crippen LogP contribution in [0.4, 0.5) is 5.69 Å². The predicted octanol–water partition coefficient (Wildman–Crippen LogP) is 4.03. The fourth-order valence-electron chi connectivity index (χ4n) is 2.71. The zero-order valence-corrected chi connectivity index (χ0v) is 14.6. The lowest BCUT2D eigenvalue weighted by atomic mass is 10.1. The number of thiophene rings is 1. The molecule has 7 nitrogen and oxygen atoms in total. The normalized spacial score (nSPS) is 12.1. The van der Waals surface area contributed by atoms with Crippen molar-refractivity contribution in [1.29, 1.82) is 0 Å². The van der Waals surface area contributed by atoms with Crippen molar-refractivity contribution >= 4 is 33.0 Å². The van der Waals surface area contributed by atoms with E-state index in [0.29, 0.717) is 16.0 Å². The van der Waals surface area contributed by atoms with E-state index in [4.69, 9.17) is 4.74 Å². The van der Waals surface area contributed by atoms with Crippen LogP contribution in [0.2, 0.25) is 0 Å². The number of nitro groups is 1. The van der Waals surface area contributed by atoms with Gasteiger partial charge in [-0.25, -0.2) is 0 Å². The first-order chi connectivity index (χ1) is 12.0. The van der Waals surface area contributed by atoms with Gasteiger partial charge in [0.25, 0.3) is 11.6 Å². The molecule has 0 saturated heterocycles. The lowest BCUT2D eigenvalue weighted by Gasteiger charge is -2.15. The van der Waals surface area contributed by atoms with Crippen LogP contribution in [-0.2, 0) is 0 Å². The Morgan fingerprint density at radius 1 is 1.44 bits per heavy atom. The third-order valence-corrected chi connectivity index (χ3v) is 5.11. The topological polar surface area (TPSA) is 97.3 Å². The van der Waals surface area contributed by atoms with Crippen molar-refractivity contribution in [2.24, 2.45) is 0 Å². The Bertz CT molecular complexity index is 918. The van der Waals surface area contributed by atoms with Gasteiger partial charge in [0.15, 0.2) is 5.75 Å². The molecule has 0 bridgehead atoms. The Morgan fingerprint density at radius 2 is 2.24 bits per heavy atom. The summed E-state index contributed by atoms with van der Waals surface area (Å²) in [7, 11) is 1.46. The van der Waals surface area contributed by atoms with E-state index in [1.54, 1.807) is 6.07 Å². The van der Waals surface area contributed by atoms with E-state index >= 15 is 0 Å². The van der Waals surface area contributed by atoms with Gasteiger partial charge in [0.05, 0.1) is 18.1 Å². The number of hydrogen-bond donors (Lipinski definition) is 2. The van der Waals surface area contributed by atoms with Crippen LogP contribution in [-0.4, -0.2) is 22.9 Å². The van der Waals surface area contributed by atoms with Crippen LogP contribution in [0.25, 0.3) is 10.1 Å². The first-order valence-electron chi connectivity index (χ1n) is 7.74. The van der Waals surface area contributed by atoms with Crippen LogP contribution in [0.3, 0.4) is 0 Å². The number of carbonyl (C=O) groups excluding carboxylic acids is 1. The van der Waals surface area contributed by atoms with E-state index in [9.17, 15) is 14.9 Å². The Hall–Kier alpha value is -2.87. The lowest BCUT2D eigenvalue weighted by molar-refractivity contribution is -0.384. The van der Waals surface area contributed by atoms with Gasteiger partial charge in [-0.2, -0.15) is 0 Å². The quantitative estimate of drug-likeness (QED) is 0.513. The molecule has 1 amide bonds. The summed E-state index contributed by atoms with van der Waals surface area (Å²) in [5.74, 6) is 0.102. The van der Waals surface area contributed by atoms with Crippen LogP contribution < -0.4 is 10.1 Å². The summed E-state index contributed by atoms with van der Waals surface area (Å²) in [5.41, 5.74) is 0.889. The highest BCUT2D eigenvalue weighted by Gasteiger charge is 2.23. The zero-order valence-electron chi connectivity index (χ0n) is 13.7. The number of nitrogens with zero attached hydrogens (tertiary/aromatic N) is 1. The summed E-state index contributed by atoms with van der Waals surface area (Å²) in [6, 6.07) is 8.15. The number of hydrogen-bond acceptors (Lipinski definition) is 5. The van der Waals surface area contributed by atoms with Gasteiger partial charge in [0.1, 0.15) is 4.88 Å². The lowest BCUT2D eigenvalue weighted by Crippen LogP contribution is -2.28. The van der Waals surface area contributed by atoms with Gasteiger partial charge < -0.3 is 15.0 Å². The number of nitro benzene ring substituents is 1. The summed E-state index contributed by atoms with van der Waals surface area (Å²) in [5, 5.41) is 14.5. The maximum atomic E-state index is 12.7. The number of fused-ring (bicyclic) bond motifs is 1. The molecular weight excluding hydrogens is 342 g/mol. The average molecular weight is 359 g/mol. The molecule has 1 unspecified atom stereocenters. The van der Waals surface area contributed by atoms with Crippen molar-refractivity contribution in [1.82, 2.24) is 10.3 Å². The summed E-state index contributed by atoms with van der Waals surface area (Å²) in [6.07, 6.45) is 2.54. The van der Waals surface area contributed by atoms with Gasteiger partial charge in [0, 0.05) is 34.1 Å². The molecule has 0 aliphatic heterocycles. The number of rotatable bonds is 6. The fourth-order valence-corrected chi connectivity index (χ4v) is 3.77. The van der Waals surface area contributed by atoms with Crippen molar-refractivity contribution in [2.45, 2.75) is 19.4 Å². The van der Waals surface area contributed by atoms with E-state index in [-0.39, 0.29) is 17.6 Å². The van der Waals surface area contributed by atoms with Gasteiger partial charge >= 0.3 is 0 Å². The molecule has 3 aromatic rings. The number of ether oxygens (including phenoxy) is 1. The summed E-state index contributed by atoms with van der Waals surface area (Å²) in [4.78, 5) is 26.8. The van der Waals surface area contributed by atoms with Crippen molar-refractivity contribution in [3.8, 4) is 5.75 Å². The fraction of sp³-hybridized carbons (Fsp3) is 0.235. The highest BCUT2D eigenvalue weighted by Crippen LogP contribution is 2.39. The van der Waals surface area contributed by atoms with E-state index < -0.39 is 4.92 Å². The SMILES string of the molecule is CCC(NC(=O)c1sc2ccc([N+](=O)[O-])cc2c1OC)c1ccc[nH]1. The second kappa shape index (κ2) is 6.94. The number of carbonyl (C=O) groups is 1. The number of aromatic amines is 1. The number of aromatic nitrogens is 1. The Kier molecular flexibility index (Phi) is 4.71. The van der Waals surface area contributed by atoms with E-state index in [1.807, 2.05) is 25.3 Å². The highest BCUT2D eigenvalue weighted by molar-refractivity contribution is 7.21. The molecule has 8 heteroatoms. The molecular formula is C17H17N3O4S. The van der Waals surface area contributed by atoms with Gasteiger partial charge in [-0.05, 0) is 24.6 Å². The van der Waals surface area contributed by atoms with Crippen LogP contribution in [0.1, 0.15) is 34.8 Å². The van der Waals surface area contributed by atoms with Gasteiger partial charge in [-0.15, -0.1) is 11.3 Å². The van der Waals surface area contributed by atoms with Crippen LogP contribution in [0.15, 0.2) is 36.5 Å². The molecule has 0 aliphatic rings. The number of non-ortho nitro benzene ring substituents is 1. The van der Waals surface area contributed by atoms with E-state index in [0.717, 1.165) is 16.8 Å². The average Bonchev–Trinajstić information content (AvgIpc) is 3.25. The highest BCUT2D eigenvalue weighted by atomic mass is 32.1. The van der Waals surface area contributed by atoms with Crippen molar-refractivity contribution in [3.63, 3.8) is 0 Å².